The maximum atomic E-state index is 9.89. The molecule has 8 nitrogen and oxygen atoms in total. The molecule has 1 heterocycles. The lowest BCUT2D eigenvalue weighted by Crippen LogP contribution is -2.51. The quantitative estimate of drug-likeness (QED) is 0.244. The third-order valence-corrected chi connectivity index (χ3v) is 3.70. The zero-order chi connectivity index (χ0) is 15.8. The number of thiol groups is 1. The molecule has 5 atom stereocenters. The lowest BCUT2D eigenvalue weighted by Gasteiger charge is -2.37. The molecule has 4 N–H and O–H groups in total. The second-order valence-electron chi connectivity index (χ2n) is 4.88. The Labute approximate surface area is 129 Å². The summed E-state index contributed by atoms with van der Waals surface area (Å²) < 4.78 is 15.6. The SMILES string of the molecule is COCCN(CS)C(O)OC[C@H]1C[C@@H](O)[C@@H](O)[C@@H](CO)O1. The maximum Gasteiger partial charge on any atom is 0.216 e. The van der Waals surface area contributed by atoms with E-state index in [1.807, 2.05) is 0 Å². The first-order valence-electron chi connectivity index (χ1n) is 6.79. The van der Waals surface area contributed by atoms with Gasteiger partial charge in [-0.1, -0.05) is 0 Å². The standard InChI is InChI=1S/C12H25NO7S/c1-18-3-2-13(7-21)12(17)19-6-8-4-9(15)11(16)10(5-14)20-8/h8-12,14-17,21H,2-7H2,1H3/t8-,9-,10-,11-,12?/m1/s1. The van der Waals surface area contributed by atoms with E-state index in [1.165, 1.54) is 0 Å². The van der Waals surface area contributed by atoms with Gasteiger partial charge in [0, 0.05) is 26.0 Å². The Balaban J connectivity index is 2.39. The molecular formula is C12H25NO7S. The number of hydrogen-bond donors (Lipinski definition) is 5. The molecule has 0 aromatic carbocycles. The monoisotopic (exact) mass is 327 g/mol. The molecule has 1 fully saturated rings. The first kappa shape index (κ1) is 19.1. The molecule has 0 spiro atoms. The van der Waals surface area contributed by atoms with E-state index < -0.39 is 37.4 Å². The molecule has 21 heavy (non-hydrogen) atoms. The zero-order valence-corrected chi connectivity index (χ0v) is 12.9. The molecule has 1 rings (SSSR count). The third-order valence-electron chi connectivity index (χ3n) is 3.33. The van der Waals surface area contributed by atoms with Gasteiger partial charge in [0.15, 0.2) is 0 Å². The van der Waals surface area contributed by atoms with E-state index in [1.54, 1.807) is 12.0 Å². The molecule has 0 saturated carbocycles. The van der Waals surface area contributed by atoms with Gasteiger partial charge in [-0.2, -0.15) is 12.6 Å². The third kappa shape index (κ3) is 5.97. The molecule has 0 amide bonds. The topological polar surface area (TPSA) is 112 Å². The highest BCUT2D eigenvalue weighted by Crippen LogP contribution is 2.21. The number of rotatable bonds is 9. The van der Waals surface area contributed by atoms with Crippen molar-refractivity contribution >= 4 is 12.6 Å². The fourth-order valence-corrected chi connectivity index (χ4v) is 2.34. The number of aliphatic hydroxyl groups is 4. The Bertz CT molecular complexity index is 286. The lowest BCUT2D eigenvalue weighted by atomic mass is 9.98. The molecule has 1 unspecified atom stereocenters. The fraction of sp³-hybridized carbons (Fsp3) is 1.00. The molecule has 126 valence electrons. The highest BCUT2D eigenvalue weighted by molar-refractivity contribution is 7.80. The summed E-state index contributed by atoms with van der Waals surface area (Å²) in [6.45, 7) is 0.512. The van der Waals surface area contributed by atoms with Crippen LogP contribution in [0, 0.1) is 0 Å². The van der Waals surface area contributed by atoms with Crippen LogP contribution < -0.4 is 0 Å². The summed E-state index contributed by atoms with van der Waals surface area (Å²) in [4.78, 5) is 1.55. The summed E-state index contributed by atoms with van der Waals surface area (Å²) in [5.41, 5.74) is 0. The number of methoxy groups -OCH3 is 1. The van der Waals surface area contributed by atoms with Gasteiger partial charge in [-0.3, -0.25) is 0 Å². The van der Waals surface area contributed by atoms with Crippen molar-refractivity contribution in [2.75, 3.05) is 39.4 Å². The average molecular weight is 327 g/mol. The van der Waals surface area contributed by atoms with Crippen molar-refractivity contribution in [1.29, 1.82) is 0 Å². The van der Waals surface area contributed by atoms with Gasteiger partial charge in [0.2, 0.25) is 6.41 Å². The summed E-state index contributed by atoms with van der Waals surface area (Å²) in [6.07, 6.45) is -4.47. The molecule has 9 heteroatoms. The Morgan fingerprint density at radius 2 is 2.14 bits per heavy atom. The summed E-state index contributed by atoms with van der Waals surface area (Å²) in [5, 5.41) is 38.3. The van der Waals surface area contributed by atoms with Gasteiger partial charge in [0.1, 0.15) is 12.2 Å². The van der Waals surface area contributed by atoms with E-state index in [4.69, 9.17) is 19.3 Å². The molecule has 0 bridgehead atoms. The number of aliphatic hydroxyl groups excluding tert-OH is 4. The smallest absolute Gasteiger partial charge is 0.216 e. The molecule has 0 radical (unpaired) electrons. The van der Waals surface area contributed by atoms with Crippen LogP contribution in [0.5, 0.6) is 0 Å². The van der Waals surface area contributed by atoms with Crippen molar-refractivity contribution in [3.63, 3.8) is 0 Å². The predicted molar refractivity (Wildman–Crippen MR) is 76.8 cm³/mol. The Morgan fingerprint density at radius 1 is 1.43 bits per heavy atom. The minimum absolute atomic E-state index is 0.0265. The Hall–Kier alpha value is 0.0300. The first-order chi connectivity index (χ1) is 10.0. The van der Waals surface area contributed by atoms with Crippen LogP contribution in [-0.2, 0) is 14.2 Å². The highest BCUT2D eigenvalue weighted by Gasteiger charge is 2.36. The van der Waals surface area contributed by atoms with Crippen molar-refractivity contribution in [2.45, 2.75) is 37.3 Å². The van der Waals surface area contributed by atoms with Gasteiger partial charge in [-0.15, -0.1) is 0 Å². The minimum Gasteiger partial charge on any atom is -0.394 e. The predicted octanol–water partition coefficient (Wildman–Crippen LogP) is -2.01. The van der Waals surface area contributed by atoms with Gasteiger partial charge in [-0.25, -0.2) is 4.90 Å². The van der Waals surface area contributed by atoms with Crippen LogP contribution in [0.4, 0.5) is 0 Å². The molecular weight excluding hydrogens is 302 g/mol. The number of nitrogens with zero attached hydrogens (tertiary/aromatic N) is 1. The van der Waals surface area contributed by atoms with E-state index in [-0.39, 0.29) is 18.9 Å². The summed E-state index contributed by atoms with van der Waals surface area (Å²) in [5.74, 6) is 0.288. The summed E-state index contributed by atoms with van der Waals surface area (Å²) >= 11 is 4.10. The van der Waals surface area contributed by atoms with Gasteiger partial charge in [0.05, 0.1) is 32.0 Å². The van der Waals surface area contributed by atoms with Gasteiger partial charge >= 0.3 is 0 Å². The van der Waals surface area contributed by atoms with Gasteiger partial charge < -0.3 is 34.6 Å². The van der Waals surface area contributed by atoms with E-state index in [0.717, 1.165) is 0 Å². The Morgan fingerprint density at radius 3 is 2.71 bits per heavy atom. The normalized spacial score (nSPS) is 31.6. The number of ether oxygens (including phenoxy) is 3. The minimum atomic E-state index is -1.17. The average Bonchev–Trinajstić information content (AvgIpc) is 2.49. The van der Waals surface area contributed by atoms with Crippen LogP contribution in [-0.4, -0.2) is 95.5 Å². The fourth-order valence-electron chi connectivity index (χ4n) is 2.06. The van der Waals surface area contributed by atoms with Crippen LogP contribution in [0.1, 0.15) is 6.42 Å². The second kappa shape index (κ2) is 9.93. The van der Waals surface area contributed by atoms with Crippen molar-refractivity contribution in [3.05, 3.63) is 0 Å². The number of hydrogen-bond acceptors (Lipinski definition) is 9. The van der Waals surface area contributed by atoms with Crippen molar-refractivity contribution in [3.8, 4) is 0 Å². The first-order valence-corrected chi connectivity index (χ1v) is 7.42. The van der Waals surface area contributed by atoms with Crippen molar-refractivity contribution in [2.24, 2.45) is 0 Å². The van der Waals surface area contributed by atoms with Crippen LogP contribution in [0.2, 0.25) is 0 Å². The largest absolute Gasteiger partial charge is 0.394 e. The molecule has 1 aliphatic rings. The summed E-state index contributed by atoms with van der Waals surface area (Å²) in [6, 6.07) is 0. The molecule has 1 saturated heterocycles. The molecule has 0 aromatic rings. The lowest BCUT2D eigenvalue weighted by molar-refractivity contribution is -0.234. The van der Waals surface area contributed by atoms with E-state index in [9.17, 15) is 15.3 Å². The summed E-state index contributed by atoms with van der Waals surface area (Å²) in [7, 11) is 1.56. The van der Waals surface area contributed by atoms with Gasteiger partial charge in [-0.05, 0) is 0 Å². The van der Waals surface area contributed by atoms with Crippen LogP contribution >= 0.6 is 12.6 Å². The van der Waals surface area contributed by atoms with E-state index >= 15 is 0 Å². The van der Waals surface area contributed by atoms with E-state index in [2.05, 4.69) is 12.6 Å². The Kier molecular flexibility index (Phi) is 9.02. The zero-order valence-electron chi connectivity index (χ0n) is 12.0. The van der Waals surface area contributed by atoms with Crippen LogP contribution in [0.25, 0.3) is 0 Å². The van der Waals surface area contributed by atoms with Crippen LogP contribution in [0.3, 0.4) is 0 Å². The van der Waals surface area contributed by atoms with Crippen LogP contribution in [0.15, 0.2) is 0 Å². The van der Waals surface area contributed by atoms with Gasteiger partial charge in [0.25, 0.3) is 0 Å². The second-order valence-corrected chi connectivity index (χ2v) is 5.16. The highest BCUT2D eigenvalue weighted by atomic mass is 32.1. The van der Waals surface area contributed by atoms with E-state index in [0.29, 0.717) is 13.2 Å². The van der Waals surface area contributed by atoms with Crippen molar-refractivity contribution < 1.29 is 34.6 Å². The van der Waals surface area contributed by atoms with Crippen molar-refractivity contribution in [1.82, 2.24) is 4.90 Å². The molecule has 0 aliphatic carbocycles. The molecule has 1 aliphatic heterocycles. The maximum absolute atomic E-state index is 9.89. The molecule has 0 aromatic heterocycles.